The number of nitrogens with zero attached hydrogens (tertiary/aromatic N) is 2. The van der Waals surface area contributed by atoms with Crippen molar-refractivity contribution in [1.82, 2.24) is 9.55 Å². The summed E-state index contributed by atoms with van der Waals surface area (Å²) < 4.78 is 12.4. The molecule has 1 unspecified atom stereocenters. The number of carbonyl (C=O) groups is 1. The third-order valence-electron chi connectivity index (χ3n) is 3.84. The zero-order valence-corrected chi connectivity index (χ0v) is 12.8. The number of benzene rings is 1. The zero-order valence-electron chi connectivity index (χ0n) is 12.1. The first-order chi connectivity index (χ1) is 10.1. The molecule has 21 heavy (non-hydrogen) atoms. The van der Waals surface area contributed by atoms with Crippen molar-refractivity contribution in [1.29, 1.82) is 0 Å². The number of aromatic nitrogens is 2. The highest BCUT2D eigenvalue weighted by Crippen LogP contribution is 2.25. The first-order valence-electron chi connectivity index (χ1n) is 6.89. The van der Waals surface area contributed by atoms with Gasteiger partial charge in [-0.25, -0.2) is 9.78 Å². The zero-order chi connectivity index (χ0) is 15.0. The van der Waals surface area contributed by atoms with Crippen molar-refractivity contribution in [3.8, 4) is 0 Å². The minimum absolute atomic E-state index is 0.200. The summed E-state index contributed by atoms with van der Waals surface area (Å²) in [5, 5.41) is 0. The summed E-state index contributed by atoms with van der Waals surface area (Å²) >= 11 is 6.01. The minimum Gasteiger partial charge on any atom is -0.465 e. The summed E-state index contributed by atoms with van der Waals surface area (Å²) in [6.45, 7) is 3.45. The molecule has 0 spiro atoms. The van der Waals surface area contributed by atoms with Crippen LogP contribution >= 0.6 is 11.6 Å². The van der Waals surface area contributed by atoms with Gasteiger partial charge in [-0.2, -0.15) is 0 Å². The lowest BCUT2D eigenvalue weighted by Crippen LogP contribution is -2.31. The molecule has 1 atom stereocenters. The van der Waals surface area contributed by atoms with Crippen LogP contribution in [0.5, 0.6) is 0 Å². The van der Waals surface area contributed by atoms with E-state index in [1.165, 1.54) is 7.11 Å². The molecule has 1 saturated heterocycles. The molecule has 1 aliphatic rings. The van der Waals surface area contributed by atoms with E-state index in [2.05, 4.69) is 4.98 Å². The molecule has 112 valence electrons. The van der Waals surface area contributed by atoms with Crippen LogP contribution in [0.25, 0.3) is 11.0 Å². The first kappa shape index (κ1) is 14.4. The monoisotopic (exact) mass is 308 g/mol. The second kappa shape index (κ2) is 5.66. The molecule has 6 heteroatoms. The van der Waals surface area contributed by atoms with E-state index >= 15 is 0 Å². The van der Waals surface area contributed by atoms with E-state index in [4.69, 9.17) is 21.1 Å². The van der Waals surface area contributed by atoms with Gasteiger partial charge >= 0.3 is 5.97 Å². The summed E-state index contributed by atoms with van der Waals surface area (Å²) in [6.07, 6.45) is 1.24. The Hall–Kier alpha value is -1.59. The van der Waals surface area contributed by atoms with E-state index in [1.54, 1.807) is 6.07 Å². The predicted octanol–water partition coefficient (Wildman–Crippen LogP) is 2.66. The number of aryl methyl sites for hydroxylation is 1. The lowest BCUT2D eigenvalue weighted by atomic mass is 10.1. The van der Waals surface area contributed by atoms with Crippen LogP contribution in [0.15, 0.2) is 12.1 Å². The number of ether oxygens (including phenoxy) is 2. The smallest absolute Gasteiger partial charge is 0.337 e. The fraction of sp³-hybridized carbons (Fsp3) is 0.467. The number of alkyl halides is 1. The Labute approximate surface area is 127 Å². The number of hydrogen-bond donors (Lipinski definition) is 0. The Morgan fingerprint density at radius 3 is 2.90 bits per heavy atom. The molecule has 2 aromatic rings. The van der Waals surface area contributed by atoms with Gasteiger partial charge in [0.2, 0.25) is 0 Å². The number of imidazole rings is 1. The van der Waals surface area contributed by atoms with Gasteiger partial charge in [0.1, 0.15) is 5.82 Å². The quantitative estimate of drug-likeness (QED) is 0.643. The van der Waals surface area contributed by atoms with Gasteiger partial charge in [0.15, 0.2) is 0 Å². The summed E-state index contributed by atoms with van der Waals surface area (Å²) in [4.78, 5) is 16.4. The first-order valence-corrected chi connectivity index (χ1v) is 7.43. The molecule has 5 nitrogen and oxygen atoms in total. The average molecular weight is 309 g/mol. The molecule has 0 amide bonds. The van der Waals surface area contributed by atoms with Crippen LogP contribution < -0.4 is 0 Å². The summed E-state index contributed by atoms with van der Waals surface area (Å²) in [5.74, 6) is 0.779. The van der Waals surface area contributed by atoms with Crippen molar-refractivity contribution in [2.24, 2.45) is 0 Å². The molecule has 0 bridgehead atoms. The second-order valence-electron chi connectivity index (χ2n) is 5.21. The van der Waals surface area contributed by atoms with E-state index in [-0.39, 0.29) is 12.1 Å². The molecule has 0 aliphatic carbocycles. The summed E-state index contributed by atoms with van der Waals surface area (Å²) in [5.41, 5.74) is 3.24. The molecule has 0 saturated carbocycles. The van der Waals surface area contributed by atoms with Gasteiger partial charge in [-0.05, 0) is 31.0 Å². The average Bonchev–Trinajstić information content (AvgIpc) is 2.80. The highest BCUT2D eigenvalue weighted by molar-refractivity contribution is 6.16. The second-order valence-corrected chi connectivity index (χ2v) is 5.47. The fourth-order valence-electron chi connectivity index (χ4n) is 2.61. The van der Waals surface area contributed by atoms with Gasteiger partial charge in [-0.3, -0.25) is 0 Å². The number of methoxy groups -OCH3 is 1. The van der Waals surface area contributed by atoms with Gasteiger partial charge in [-0.1, -0.05) is 0 Å². The molecule has 2 heterocycles. The molecule has 1 aromatic heterocycles. The lowest BCUT2D eigenvalue weighted by Gasteiger charge is -2.27. The van der Waals surface area contributed by atoms with Crippen molar-refractivity contribution in [2.45, 2.75) is 31.9 Å². The van der Waals surface area contributed by atoms with Gasteiger partial charge in [0, 0.05) is 6.61 Å². The number of rotatable bonds is 4. The van der Waals surface area contributed by atoms with E-state index in [0.29, 0.717) is 18.0 Å². The van der Waals surface area contributed by atoms with Crippen LogP contribution in [0, 0.1) is 6.92 Å². The highest BCUT2D eigenvalue weighted by atomic mass is 35.5. The summed E-state index contributed by atoms with van der Waals surface area (Å²) in [6, 6.07) is 3.61. The number of hydrogen-bond acceptors (Lipinski definition) is 4. The van der Waals surface area contributed by atoms with Gasteiger partial charge < -0.3 is 14.0 Å². The van der Waals surface area contributed by atoms with E-state index in [1.807, 2.05) is 17.6 Å². The molecular formula is C15H17ClN2O3. The Bertz CT molecular complexity index is 692. The number of halogens is 1. The van der Waals surface area contributed by atoms with Crippen molar-refractivity contribution < 1.29 is 14.3 Å². The van der Waals surface area contributed by atoms with Crippen molar-refractivity contribution in [3.05, 3.63) is 29.1 Å². The molecule has 0 N–H and O–H groups in total. The number of carbonyl (C=O) groups excluding carboxylic acids is 1. The number of fused-ring (bicyclic) bond motifs is 1. The van der Waals surface area contributed by atoms with Crippen LogP contribution in [0.1, 0.15) is 28.2 Å². The topological polar surface area (TPSA) is 53.3 Å². The SMILES string of the molecule is COC(=O)c1cc(C)c2nc(CCl)n(CC3CCO3)c2c1. The van der Waals surface area contributed by atoms with E-state index < -0.39 is 0 Å². The summed E-state index contributed by atoms with van der Waals surface area (Å²) in [7, 11) is 1.38. The molecule has 0 radical (unpaired) electrons. The molecule has 1 fully saturated rings. The molecular weight excluding hydrogens is 292 g/mol. The van der Waals surface area contributed by atoms with Crippen molar-refractivity contribution in [3.63, 3.8) is 0 Å². The molecule has 1 aromatic carbocycles. The minimum atomic E-state index is -0.347. The normalized spacial score (nSPS) is 17.8. The van der Waals surface area contributed by atoms with Crippen LogP contribution in [0.4, 0.5) is 0 Å². The number of esters is 1. The van der Waals surface area contributed by atoms with Gasteiger partial charge in [0.05, 0.1) is 42.2 Å². The Kier molecular flexibility index (Phi) is 3.87. The van der Waals surface area contributed by atoms with Crippen LogP contribution in [0.3, 0.4) is 0 Å². The maximum absolute atomic E-state index is 11.8. The van der Waals surface area contributed by atoms with Crippen LogP contribution in [-0.4, -0.2) is 35.3 Å². The van der Waals surface area contributed by atoms with Crippen molar-refractivity contribution in [2.75, 3.05) is 13.7 Å². The van der Waals surface area contributed by atoms with Crippen molar-refractivity contribution >= 4 is 28.6 Å². The lowest BCUT2D eigenvalue weighted by molar-refractivity contribution is -0.0589. The standard InChI is InChI=1S/C15H17ClN2O3/c1-9-5-10(15(19)20-2)6-12-14(9)17-13(7-16)18(12)8-11-3-4-21-11/h5-6,11H,3-4,7-8H2,1-2H3. The van der Waals surface area contributed by atoms with E-state index in [9.17, 15) is 4.79 Å². The predicted molar refractivity (Wildman–Crippen MR) is 79.7 cm³/mol. The Morgan fingerprint density at radius 2 is 2.33 bits per heavy atom. The van der Waals surface area contributed by atoms with Gasteiger partial charge in [-0.15, -0.1) is 11.6 Å². The van der Waals surface area contributed by atoms with Gasteiger partial charge in [0.25, 0.3) is 0 Å². The van der Waals surface area contributed by atoms with Crippen LogP contribution in [-0.2, 0) is 21.9 Å². The largest absolute Gasteiger partial charge is 0.465 e. The maximum atomic E-state index is 11.8. The van der Waals surface area contributed by atoms with E-state index in [0.717, 1.165) is 35.4 Å². The Morgan fingerprint density at radius 1 is 1.57 bits per heavy atom. The Balaban J connectivity index is 2.12. The maximum Gasteiger partial charge on any atom is 0.337 e. The third kappa shape index (κ3) is 2.51. The molecule has 1 aliphatic heterocycles. The fourth-order valence-corrected chi connectivity index (χ4v) is 2.82. The highest BCUT2D eigenvalue weighted by Gasteiger charge is 2.22. The third-order valence-corrected chi connectivity index (χ3v) is 4.08. The van der Waals surface area contributed by atoms with Crippen LogP contribution in [0.2, 0.25) is 0 Å². The molecule has 3 rings (SSSR count).